The molecule has 0 aliphatic carbocycles. The van der Waals surface area contributed by atoms with Crippen molar-refractivity contribution in [1.29, 1.82) is 0 Å². The molecule has 2 aromatic rings. The van der Waals surface area contributed by atoms with E-state index in [9.17, 15) is 10.2 Å². The standard InChI is InChI=1S/C15H15NO2/c1-2-11-16(12-7-3-5-9-14(12)17)13-8-4-6-10-15(13)18/h2-10,17-18H,1,11H2. The first-order valence-electron chi connectivity index (χ1n) is 5.68. The van der Waals surface area contributed by atoms with Gasteiger partial charge in [0.2, 0.25) is 0 Å². The van der Waals surface area contributed by atoms with Crippen LogP contribution < -0.4 is 4.90 Å². The maximum absolute atomic E-state index is 9.90. The number of aromatic hydroxyl groups is 2. The minimum absolute atomic E-state index is 0.169. The normalized spacial score (nSPS) is 10.0. The topological polar surface area (TPSA) is 43.7 Å². The fraction of sp³-hybridized carbons (Fsp3) is 0.0667. The fourth-order valence-corrected chi connectivity index (χ4v) is 1.84. The van der Waals surface area contributed by atoms with Crippen LogP contribution >= 0.6 is 0 Å². The monoisotopic (exact) mass is 241 g/mol. The van der Waals surface area contributed by atoms with Gasteiger partial charge in [-0.2, -0.15) is 0 Å². The highest BCUT2D eigenvalue weighted by Gasteiger charge is 2.14. The Kier molecular flexibility index (Phi) is 3.53. The summed E-state index contributed by atoms with van der Waals surface area (Å²) in [6.45, 7) is 4.20. The maximum Gasteiger partial charge on any atom is 0.139 e. The summed E-state index contributed by atoms with van der Waals surface area (Å²) in [5.74, 6) is 0.338. The first kappa shape index (κ1) is 12.0. The summed E-state index contributed by atoms with van der Waals surface area (Å²) in [6.07, 6.45) is 1.72. The van der Waals surface area contributed by atoms with Crippen LogP contribution in [0.3, 0.4) is 0 Å². The molecule has 92 valence electrons. The quantitative estimate of drug-likeness (QED) is 0.806. The van der Waals surface area contributed by atoms with Crippen LogP contribution in [0.5, 0.6) is 11.5 Å². The third-order valence-corrected chi connectivity index (χ3v) is 2.66. The molecule has 0 bridgehead atoms. The number of phenols is 2. The zero-order chi connectivity index (χ0) is 13.0. The van der Waals surface area contributed by atoms with Crippen LogP contribution in [0.25, 0.3) is 0 Å². The zero-order valence-electron chi connectivity index (χ0n) is 9.95. The Hall–Kier alpha value is -2.42. The Morgan fingerprint density at radius 1 is 0.889 bits per heavy atom. The lowest BCUT2D eigenvalue weighted by Crippen LogP contribution is -2.16. The summed E-state index contributed by atoms with van der Waals surface area (Å²) in [4.78, 5) is 1.80. The van der Waals surface area contributed by atoms with E-state index in [0.29, 0.717) is 17.9 Å². The minimum atomic E-state index is 0.169. The van der Waals surface area contributed by atoms with Gasteiger partial charge in [0, 0.05) is 6.54 Å². The van der Waals surface area contributed by atoms with Crippen molar-refractivity contribution < 1.29 is 10.2 Å². The Labute approximate surface area is 106 Å². The lowest BCUT2D eigenvalue weighted by atomic mass is 10.2. The highest BCUT2D eigenvalue weighted by atomic mass is 16.3. The lowest BCUT2D eigenvalue weighted by molar-refractivity contribution is 0.471. The number of hydrogen-bond donors (Lipinski definition) is 2. The van der Waals surface area contributed by atoms with Crippen molar-refractivity contribution in [2.45, 2.75) is 0 Å². The minimum Gasteiger partial charge on any atom is -0.506 e. The van der Waals surface area contributed by atoms with Crippen molar-refractivity contribution >= 4 is 11.4 Å². The van der Waals surface area contributed by atoms with Crippen molar-refractivity contribution in [2.75, 3.05) is 11.4 Å². The van der Waals surface area contributed by atoms with Gasteiger partial charge in [-0.05, 0) is 24.3 Å². The molecule has 18 heavy (non-hydrogen) atoms. The van der Waals surface area contributed by atoms with Gasteiger partial charge in [-0.25, -0.2) is 0 Å². The third-order valence-electron chi connectivity index (χ3n) is 2.66. The zero-order valence-corrected chi connectivity index (χ0v) is 9.95. The van der Waals surface area contributed by atoms with Crippen molar-refractivity contribution in [3.63, 3.8) is 0 Å². The van der Waals surface area contributed by atoms with Gasteiger partial charge in [-0.3, -0.25) is 0 Å². The summed E-state index contributed by atoms with van der Waals surface area (Å²) in [7, 11) is 0. The Bertz CT molecular complexity index is 506. The molecule has 0 saturated heterocycles. The predicted molar refractivity (Wildman–Crippen MR) is 73.4 cm³/mol. The second kappa shape index (κ2) is 5.27. The van der Waals surface area contributed by atoms with Crippen LogP contribution in [0, 0.1) is 0 Å². The van der Waals surface area contributed by atoms with E-state index >= 15 is 0 Å². The molecule has 0 unspecified atom stereocenters. The predicted octanol–water partition coefficient (Wildman–Crippen LogP) is 3.42. The number of benzene rings is 2. The van der Waals surface area contributed by atoms with E-state index in [4.69, 9.17) is 0 Å². The first-order chi connectivity index (χ1) is 8.74. The average Bonchev–Trinajstić information content (AvgIpc) is 2.38. The summed E-state index contributed by atoms with van der Waals surface area (Å²) in [6, 6.07) is 14.0. The maximum atomic E-state index is 9.90. The van der Waals surface area contributed by atoms with E-state index in [-0.39, 0.29) is 11.5 Å². The average molecular weight is 241 g/mol. The molecule has 2 N–H and O–H groups in total. The van der Waals surface area contributed by atoms with Crippen LogP contribution in [-0.2, 0) is 0 Å². The number of anilines is 2. The first-order valence-corrected chi connectivity index (χ1v) is 5.68. The van der Waals surface area contributed by atoms with E-state index in [1.54, 1.807) is 47.4 Å². The molecule has 3 nitrogen and oxygen atoms in total. The molecule has 0 aromatic heterocycles. The summed E-state index contributed by atoms with van der Waals surface area (Å²) < 4.78 is 0. The van der Waals surface area contributed by atoms with E-state index in [1.165, 1.54) is 0 Å². The Balaban J connectivity index is 2.50. The largest absolute Gasteiger partial charge is 0.506 e. The number of hydrogen-bond acceptors (Lipinski definition) is 3. The molecular weight excluding hydrogens is 226 g/mol. The number of rotatable bonds is 4. The van der Waals surface area contributed by atoms with E-state index in [0.717, 1.165) is 0 Å². The van der Waals surface area contributed by atoms with Gasteiger partial charge < -0.3 is 15.1 Å². The summed E-state index contributed by atoms with van der Waals surface area (Å²) in [5, 5.41) is 19.8. The number of phenolic OH excluding ortho intramolecular Hbond substituents is 2. The smallest absolute Gasteiger partial charge is 0.139 e. The number of nitrogens with zero attached hydrogens (tertiary/aromatic N) is 1. The van der Waals surface area contributed by atoms with Gasteiger partial charge in [0.25, 0.3) is 0 Å². The fourth-order valence-electron chi connectivity index (χ4n) is 1.84. The van der Waals surface area contributed by atoms with E-state index in [1.807, 2.05) is 12.1 Å². The van der Waals surface area contributed by atoms with Gasteiger partial charge in [-0.1, -0.05) is 30.3 Å². The molecule has 0 amide bonds. The second-order valence-electron chi connectivity index (χ2n) is 3.88. The van der Waals surface area contributed by atoms with E-state index < -0.39 is 0 Å². The molecule has 0 aliphatic heterocycles. The van der Waals surface area contributed by atoms with Crippen LogP contribution in [0.4, 0.5) is 11.4 Å². The molecular formula is C15H15NO2. The van der Waals surface area contributed by atoms with Crippen molar-refractivity contribution in [3.8, 4) is 11.5 Å². The molecule has 3 heteroatoms. The van der Waals surface area contributed by atoms with Gasteiger partial charge in [0.1, 0.15) is 11.5 Å². The van der Waals surface area contributed by atoms with Crippen molar-refractivity contribution in [1.82, 2.24) is 0 Å². The molecule has 0 spiro atoms. The third kappa shape index (κ3) is 2.30. The molecule has 0 atom stereocenters. The highest BCUT2D eigenvalue weighted by molar-refractivity contribution is 5.73. The molecule has 0 aliphatic rings. The highest BCUT2D eigenvalue weighted by Crippen LogP contribution is 2.36. The van der Waals surface area contributed by atoms with Gasteiger partial charge >= 0.3 is 0 Å². The van der Waals surface area contributed by atoms with Crippen molar-refractivity contribution in [3.05, 3.63) is 61.2 Å². The van der Waals surface area contributed by atoms with Crippen LogP contribution in [-0.4, -0.2) is 16.8 Å². The molecule has 0 fully saturated rings. The van der Waals surface area contributed by atoms with Gasteiger partial charge in [0.15, 0.2) is 0 Å². The van der Waals surface area contributed by atoms with Gasteiger partial charge in [0.05, 0.1) is 11.4 Å². The lowest BCUT2D eigenvalue weighted by Gasteiger charge is -2.24. The van der Waals surface area contributed by atoms with E-state index in [2.05, 4.69) is 6.58 Å². The van der Waals surface area contributed by atoms with Crippen LogP contribution in [0.1, 0.15) is 0 Å². The molecule has 0 radical (unpaired) electrons. The second-order valence-corrected chi connectivity index (χ2v) is 3.88. The molecule has 2 rings (SSSR count). The molecule has 0 saturated carbocycles. The molecule has 0 heterocycles. The number of para-hydroxylation sites is 4. The SMILES string of the molecule is C=CCN(c1ccccc1O)c1ccccc1O. The van der Waals surface area contributed by atoms with Crippen molar-refractivity contribution in [2.24, 2.45) is 0 Å². The molecule has 2 aromatic carbocycles. The van der Waals surface area contributed by atoms with Gasteiger partial charge in [-0.15, -0.1) is 6.58 Å². The van der Waals surface area contributed by atoms with Crippen LogP contribution in [0.15, 0.2) is 61.2 Å². The summed E-state index contributed by atoms with van der Waals surface area (Å²) in [5.41, 5.74) is 1.28. The van der Waals surface area contributed by atoms with Crippen LogP contribution in [0.2, 0.25) is 0 Å². The Morgan fingerprint density at radius 2 is 1.33 bits per heavy atom. The summed E-state index contributed by atoms with van der Waals surface area (Å²) >= 11 is 0. The Morgan fingerprint density at radius 3 is 1.72 bits per heavy atom.